The Morgan fingerprint density at radius 2 is 1.86 bits per heavy atom. The van der Waals surface area contributed by atoms with Gasteiger partial charge in [0.05, 0.1) is 0 Å². The molecule has 1 heterocycles. The molecular weight excluding hydrogens is 256 g/mol. The van der Waals surface area contributed by atoms with Crippen molar-refractivity contribution in [2.24, 2.45) is 5.92 Å². The van der Waals surface area contributed by atoms with Crippen LogP contribution in [0.4, 0.5) is 0 Å². The molecule has 1 unspecified atom stereocenters. The van der Waals surface area contributed by atoms with Gasteiger partial charge in [0.15, 0.2) is 0 Å². The minimum atomic E-state index is 0.592. The number of hydrogen-bond acceptors (Lipinski definition) is 2. The molecule has 1 aromatic carbocycles. The molecule has 1 atom stereocenters. The number of nitrogens with zero attached hydrogens (tertiary/aromatic N) is 1. The van der Waals surface area contributed by atoms with Crippen LogP contribution in [0.2, 0.25) is 0 Å². The van der Waals surface area contributed by atoms with Crippen LogP contribution >= 0.6 is 0 Å². The van der Waals surface area contributed by atoms with Crippen LogP contribution in [0, 0.1) is 5.92 Å². The van der Waals surface area contributed by atoms with Gasteiger partial charge in [0, 0.05) is 13.1 Å². The fraction of sp³-hybridized carbons (Fsp3) is 0.684. The second kappa shape index (κ2) is 8.55. The van der Waals surface area contributed by atoms with Crippen LogP contribution in [0.3, 0.4) is 0 Å². The standard InChI is InChI=1S/C19H32N2/c1-4-5-17-10-12-21(13-11-17)15-18-6-8-19(9-7-18)16(2)14-20-3/h6-9,16-17,20H,4-5,10-15H2,1-3H3. The Labute approximate surface area is 130 Å². The SMILES string of the molecule is CCCC1CCN(Cc2ccc(C(C)CNC)cc2)CC1. The molecule has 0 amide bonds. The molecule has 2 heteroatoms. The second-order valence-electron chi connectivity index (χ2n) is 6.71. The van der Waals surface area contributed by atoms with Crippen molar-refractivity contribution in [3.05, 3.63) is 35.4 Å². The van der Waals surface area contributed by atoms with E-state index in [4.69, 9.17) is 0 Å². The lowest BCUT2D eigenvalue weighted by molar-refractivity contribution is 0.172. The zero-order valence-electron chi connectivity index (χ0n) is 14.1. The molecule has 1 fully saturated rings. The van der Waals surface area contributed by atoms with Gasteiger partial charge >= 0.3 is 0 Å². The van der Waals surface area contributed by atoms with Gasteiger partial charge in [0.2, 0.25) is 0 Å². The number of likely N-dealkylation sites (N-methyl/N-ethyl adjacent to an activating group) is 1. The normalized spacial score (nSPS) is 18.8. The number of benzene rings is 1. The van der Waals surface area contributed by atoms with Crippen molar-refractivity contribution in [3.63, 3.8) is 0 Å². The summed E-state index contributed by atoms with van der Waals surface area (Å²) in [6.07, 6.45) is 5.55. The smallest absolute Gasteiger partial charge is 0.0233 e. The summed E-state index contributed by atoms with van der Waals surface area (Å²) in [5.74, 6) is 1.57. The molecule has 0 radical (unpaired) electrons. The van der Waals surface area contributed by atoms with E-state index >= 15 is 0 Å². The summed E-state index contributed by atoms with van der Waals surface area (Å²) in [4.78, 5) is 2.62. The second-order valence-corrected chi connectivity index (χ2v) is 6.71. The summed E-state index contributed by atoms with van der Waals surface area (Å²) in [6, 6.07) is 9.25. The summed E-state index contributed by atoms with van der Waals surface area (Å²) >= 11 is 0. The molecule has 1 aliphatic rings. The zero-order valence-corrected chi connectivity index (χ0v) is 14.1. The van der Waals surface area contributed by atoms with Crippen molar-refractivity contribution in [2.45, 2.75) is 52.0 Å². The van der Waals surface area contributed by atoms with E-state index in [1.807, 2.05) is 7.05 Å². The van der Waals surface area contributed by atoms with Crippen LogP contribution in [0.25, 0.3) is 0 Å². The van der Waals surface area contributed by atoms with E-state index in [0.29, 0.717) is 5.92 Å². The third kappa shape index (κ3) is 5.12. The van der Waals surface area contributed by atoms with Gasteiger partial charge in [0.1, 0.15) is 0 Å². The van der Waals surface area contributed by atoms with Crippen LogP contribution in [0.15, 0.2) is 24.3 Å². The Kier molecular flexibility index (Phi) is 6.72. The maximum Gasteiger partial charge on any atom is 0.0233 e. The van der Waals surface area contributed by atoms with Gasteiger partial charge in [-0.3, -0.25) is 4.90 Å². The van der Waals surface area contributed by atoms with E-state index < -0.39 is 0 Å². The van der Waals surface area contributed by atoms with E-state index in [1.165, 1.54) is 49.9 Å². The molecule has 0 aliphatic carbocycles. The van der Waals surface area contributed by atoms with Crippen molar-refractivity contribution < 1.29 is 0 Å². The Balaban J connectivity index is 1.81. The van der Waals surface area contributed by atoms with Crippen molar-refractivity contribution in [1.82, 2.24) is 10.2 Å². The van der Waals surface area contributed by atoms with Crippen LogP contribution in [-0.2, 0) is 6.54 Å². The van der Waals surface area contributed by atoms with Crippen molar-refractivity contribution >= 4 is 0 Å². The van der Waals surface area contributed by atoms with Gasteiger partial charge in [-0.05, 0) is 55.9 Å². The maximum absolute atomic E-state index is 3.25. The molecule has 21 heavy (non-hydrogen) atoms. The van der Waals surface area contributed by atoms with Crippen molar-refractivity contribution in [3.8, 4) is 0 Å². The number of likely N-dealkylation sites (tertiary alicyclic amines) is 1. The molecule has 0 spiro atoms. The highest BCUT2D eigenvalue weighted by atomic mass is 15.1. The van der Waals surface area contributed by atoms with E-state index in [0.717, 1.165) is 19.0 Å². The molecule has 2 rings (SSSR count). The lowest BCUT2D eigenvalue weighted by Gasteiger charge is -2.32. The molecule has 1 aromatic rings. The monoisotopic (exact) mass is 288 g/mol. The molecular formula is C19H32N2. The first-order valence-electron chi connectivity index (χ1n) is 8.68. The molecule has 1 aliphatic heterocycles. The summed E-state index contributed by atoms with van der Waals surface area (Å²) in [5, 5.41) is 3.25. The molecule has 1 N–H and O–H groups in total. The molecule has 0 bridgehead atoms. The third-order valence-corrected chi connectivity index (χ3v) is 4.87. The fourth-order valence-corrected chi connectivity index (χ4v) is 3.48. The highest BCUT2D eigenvalue weighted by Gasteiger charge is 2.18. The molecule has 0 aromatic heterocycles. The predicted molar refractivity (Wildman–Crippen MR) is 91.7 cm³/mol. The number of piperidine rings is 1. The van der Waals surface area contributed by atoms with E-state index in [9.17, 15) is 0 Å². The Bertz CT molecular complexity index is 391. The Morgan fingerprint density at radius 3 is 2.43 bits per heavy atom. The lowest BCUT2D eigenvalue weighted by Crippen LogP contribution is -2.33. The van der Waals surface area contributed by atoms with Gasteiger partial charge in [-0.2, -0.15) is 0 Å². The van der Waals surface area contributed by atoms with Crippen molar-refractivity contribution in [1.29, 1.82) is 0 Å². The van der Waals surface area contributed by atoms with Gasteiger partial charge in [-0.15, -0.1) is 0 Å². The van der Waals surface area contributed by atoms with E-state index in [-0.39, 0.29) is 0 Å². The number of nitrogens with one attached hydrogen (secondary N) is 1. The minimum absolute atomic E-state index is 0.592. The largest absolute Gasteiger partial charge is 0.319 e. The fourth-order valence-electron chi connectivity index (χ4n) is 3.48. The van der Waals surface area contributed by atoms with E-state index in [2.05, 4.69) is 48.3 Å². The van der Waals surface area contributed by atoms with Crippen LogP contribution in [0.1, 0.15) is 56.6 Å². The molecule has 118 valence electrons. The average molecular weight is 288 g/mol. The van der Waals surface area contributed by atoms with Crippen LogP contribution in [0.5, 0.6) is 0 Å². The van der Waals surface area contributed by atoms with Gasteiger partial charge < -0.3 is 5.32 Å². The Hall–Kier alpha value is -0.860. The third-order valence-electron chi connectivity index (χ3n) is 4.87. The maximum atomic E-state index is 3.25. The summed E-state index contributed by atoms with van der Waals surface area (Å²) < 4.78 is 0. The predicted octanol–water partition coefficient (Wildman–Crippen LogP) is 4.02. The van der Waals surface area contributed by atoms with E-state index in [1.54, 1.807) is 0 Å². The first-order valence-corrected chi connectivity index (χ1v) is 8.68. The number of rotatable bonds is 7. The molecule has 0 saturated carbocycles. The van der Waals surface area contributed by atoms with Gasteiger partial charge in [-0.25, -0.2) is 0 Å². The lowest BCUT2D eigenvalue weighted by atomic mass is 9.92. The first-order chi connectivity index (χ1) is 10.2. The van der Waals surface area contributed by atoms with Gasteiger partial charge in [-0.1, -0.05) is 51.0 Å². The summed E-state index contributed by atoms with van der Waals surface area (Å²) in [6.45, 7) is 9.32. The molecule has 2 nitrogen and oxygen atoms in total. The quantitative estimate of drug-likeness (QED) is 0.815. The topological polar surface area (TPSA) is 15.3 Å². The number of hydrogen-bond donors (Lipinski definition) is 1. The first kappa shape index (κ1) is 16.5. The minimum Gasteiger partial charge on any atom is -0.319 e. The Morgan fingerprint density at radius 1 is 1.19 bits per heavy atom. The van der Waals surface area contributed by atoms with Crippen LogP contribution in [-0.4, -0.2) is 31.6 Å². The van der Waals surface area contributed by atoms with Crippen LogP contribution < -0.4 is 5.32 Å². The van der Waals surface area contributed by atoms with Gasteiger partial charge in [0.25, 0.3) is 0 Å². The summed E-state index contributed by atoms with van der Waals surface area (Å²) in [5.41, 5.74) is 2.90. The molecule has 1 saturated heterocycles. The average Bonchev–Trinajstić information content (AvgIpc) is 2.50. The summed E-state index contributed by atoms with van der Waals surface area (Å²) in [7, 11) is 2.02. The zero-order chi connectivity index (χ0) is 15.1. The highest BCUT2D eigenvalue weighted by Crippen LogP contribution is 2.23. The van der Waals surface area contributed by atoms with Crippen molar-refractivity contribution in [2.75, 3.05) is 26.7 Å². The highest BCUT2D eigenvalue weighted by molar-refractivity contribution is 5.25.